The van der Waals surface area contributed by atoms with E-state index in [1.807, 2.05) is 6.92 Å². The molecule has 0 heterocycles. The number of halogens is 1. The summed E-state index contributed by atoms with van der Waals surface area (Å²) >= 11 is 0. The Morgan fingerprint density at radius 1 is 1.41 bits per heavy atom. The van der Waals surface area contributed by atoms with Crippen molar-refractivity contribution in [2.45, 2.75) is 32.2 Å². The van der Waals surface area contributed by atoms with E-state index in [0.717, 1.165) is 6.42 Å². The number of carboxylic acid groups (broad SMARTS) is 1. The van der Waals surface area contributed by atoms with Crippen LogP contribution in [0.2, 0.25) is 0 Å². The summed E-state index contributed by atoms with van der Waals surface area (Å²) < 4.78 is 13.4. The van der Waals surface area contributed by atoms with Crippen molar-refractivity contribution >= 4 is 5.97 Å². The van der Waals surface area contributed by atoms with Gasteiger partial charge in [-0.1, -0.05) is 18.2 Å². The van der Waals surface area contributed by atoms with Gasteiger partial charge in [0, 0.05) is 18.0 Å². The molecule has 2 N–H and O–H groups in total. The van der Waals surface area contributed by atoms with Crippen LogP contribution in [0.1, 0.15) is 37.8 Å². The minimum absolute atomic E-state index is 0.0546. The Kier molecular flexibility index (Phi) is 5.63. The van der Waals surface area contributed by atoms with Crippen molar-refractivity contribution in [3.8, 4) is 0 Å². The minimum atomic E-state index is -0.771. The van der Waals surface area contributed by atoms with Crippen LogP contribution in [0.25, 0.3) is 0 Å². The quantitative estimate of drug-likeness (QED) is 0.719. The number of unbranched alkanes of at least 4 members (excludes halogenated alkanes) is 1. The number of carbonyl (C=O) groups is 1. The van der Waals surface area contributed by atoms with Crippen molar-refractivity contribution in [1.29, 1.82) is 0 Å². The van der Waals surface area contributed by atoms with Crippen LogP contribution >= 0.6 is 0 Å². The Balaban J connectivity index is 2.28. The lowest BCUT2D eigenvalue weighted by molar-refractivity contribution is -0.137. The van der Waals surface area contributed by atoms with Crippen molar-refractivity contribution in [2.24, 2.45) is 0 Å². The van der Waals surface area contributed by atoms with Crippen LogP contribution in [-0.4, -0.2) is 17.6 Å². The molecular weight excluding hydrogens is 221 g/mol. The van der Waals surface area contributed by atoms with Crippen LogP contribution in [0.3, 0.4) is 0 Å². The molecule has 0 aliphatic heterocycles. The Morgan fingerprint density at radius 3 is 2.76 bits per heavy atom. The van der Waals surface area contributed by atoms with Crippen molar-refractivity contribution < 1.29 is 14.3 Å². The van der Waals surface area contributed by atoms with Gasteiger partial charge in [-0.05, 0) is 32.4 Å². The molecule has 1 unspecified atom stereocenters. The summed E-state index contributed by atoms with van der Waals surface area (Å²) in [6.07, 6.45) is 1.62. The lowest BCUT2D eigenvalue weighted by atomic mass is 10.1. The Bertz CT molecular complexity index is 368. The lowest BCUT2D eigenvalue weighted by Gasteiger charge is -2.14. The molecule has 0 spiro atoms. The van der Waals surface area contributed by atoms with Gasteiger partial charge in [0.25, 0.3) is 0 Å². The molecule has 1 aromatic rings. The summed E-state index contributed by atoms with van der Waals surface area (Å²) in [5.41, 5.74) is 0.644. The first-order chi connectivity index (χ1) is 8.11. The maximum absolute atomic E-state index is 13.4. The molecule has 1 atom stereocenters. The fourth-order valence-corrected chi connectivity index (χ4v) is 1.66. The van der Waals surface area contributed by atoms with Crippen molar-refractivity contribution in [2.75, 3.05) is 6.54 Å². The predicted molar refractivity (Wildman–Crippen MR) is 64.3 cm³/mol. The molecular formula is C13H18FNO2. The second-order valence-corrected chi connectivity index (χ2v) is 4.05. The molecule has 1 aromatic carbocycles. The highest BCUT2D eigenvalue weighted by Crippen LogP contribution is 2.15. The summed E-state index contributed by atoms with van der Waals surface area (Å²) in [4.78, 5) is 10.3. The highest BCUT2D eigenvalue weighted by atomic mass is 19.1. The number of carboxylic acids is 1. The monoisotopic (exact) mass is 239 g/mol. The van der Waals surface area contributed by atoms with E-state index in [1.165, 1.54) is 6.07 Å². The van der Waals surface area contributed by atoms with Gasteiger partial charge in [-0.3, -0.25) is 4.79 Å². The SMILES string of the molecule is CC(NCCCCC(=O)O)c1ccccc1F. The third-order valence-electron chi connectivity index (χ3n) is 2.64. The average Bonchev–Trinajstić information content (AvgIpc) is 2.28. The van der Waals surface area contributed by atoms with E-state index < -0.39 is 5.97 Å². The third kappa shape index (κ3) is 4.95. The maximum atomic E-state index is 13.4. The third-order valence-corrected chi connectivity index (χ3v) is 2.64. The van der Waals surface area contributed by atoms with Crippen LogP contribution in [0.5, 0.6) is 0 Å². The van der Waals surface area contributed by atoms with E-state index >= 15 is 0 Å². The number of rotatable bonds is 7. The van der Waals surface area contributed by atoms with Gasteiger partial charge in [-0.2, -0.15) is 0 Å². The highest BCUT2D eigenvalue weighted by molar-refractivity contribution is 5.66. The van der Waals surface area contributed by atoms with Crippen LogP contribution in [0, 0.1) is 5.82 Å². The summed E-state index contributed by atoms with van der Waals surface area (Å²) in [6.45, 7) is 2.60. The molecule has 0 bridgehead atoms. The second-order valence-electron chi connectivity index (χ2n) is 4.05. The van der Waals surface area contributed by atoms with E-state index in [0.29, 0.717) is 18.5 Å². The first-order valence-electron chi connectivity index (χ1n) is 5.81. The molecule has 0 fully saturated rings. The molecule has 0 saturated heterocycles. The fraction of sp³-hybridized carbons (Fsp3) is 0.462. The van der Waals surface area contributed by atoms with E-state index in [-0.39, 0.29) is 18.3 Å². The van der Waals surface area contributed by atoms with Gasteiger partial charge in [0.05, 0.1) is 0 Å². The lowest BCUT2D eigenvalue weighted by Crippen LogP contribution is -2.20. The molecule has 0 radical (unpaired) electrons. The predicted octanol–water partition coefficient (Wildman–Crippen LogP) is 2.73. The van der Waals surface area contributed by atoms with E-state index in [4.69, 9.17) is 5.11 Å². The van der Waals surface area contributed by atoms with Crippen molar-refractivity contribution in [3.05, 3.63) is 35.6 Å². The van der Waals surface area contributed by atoms with Gasteiger partial charge in [-0.15, -0.1) is 0 Å². The van der Waals surface area contributed by atoms with E-state index in [9.17, 15) is 9.18 Å². The van der Waals surface area contributed by atoms with Crippen molar-refractivity contribution in [3.63, 3.8) is 0 Å². The summed E-state index contributed by atoms with van der Waals surface area (Å²) in [5, 5.41) is 11.6. The first-order valence-corrected chi connectivity index (χ1v) is 5.81. The standard InChI is InChI=1S/C13H18FNO2/c1-10(11-6-2-3-7-12(11)14)15-9-5-4-8-13(16)17/h2-3,6-7,10,15H,4-5,8-9H2,1H3,(H,16,17). The second kappa shape index (κ2) is 7.01. The van der Waals surface area contributed by atoms with Gasteiger partial charge in [0.1, 0.15) is 5.82 Å². The van der Waals surface area contributed by atoms with Crippen LogP contribution < -0.4 is 5.32 Å². The number of benzene rings is 1. The normalized spacial score (nSPS) is 12.4. The molecule has 1 rings (SSSR count). The smallest absolute Gasteiger partial charge is 0.303 e. The van der Waals surface area contributed by atoms with Gasteiger partial charge in [0.2, 0.25) is 0 Å². The minimum Gasteiger partial charge on any atom is -0.481 e. The maximum Gasteiger partial charge on any atom is 0.303 e. The van der Waals surface area contributed by atoms with Gasteiger partial charge in [0.15, 0.2) is 0 Å². The molecule has 94 valence electrons. The molecule has 0 aromatic heterocycles. The molecule has 0 aliphatic carbocycles. The molecule has 3 nitrogen and oxygen atoms in total. The largest absolute Gasteiger partial charge is 0.481 e. The van der Waals surface area contributed by atoms with Gasteiger partial charge >= 0.3 is 5.97 Å². The van der Waals surface area contributed by atoms with Gasteiger partial charge < -0.3 is 10.4 Å². The van der Waals surface area contributed by atoms with Crippen LogP contribution in [0.15, 0.2) is 24.3 Å². The average molecular weight is 239 g/mol. The Morgan fingerprint density at radius 2 is 2.12 bits per heavy atom. The van der Waals surface area contributed by atoms with Gasteiger partial charge in [-0.25, -0.2) is 4.39 Å². The summed E-state index contributed by atoms with van der Waals surface area (Å²) in [7, 11) is 0. The summed E-state index contributed by atoms with van der Waals surface area (Å²) in [5.74, 6) is -0.981. The zero-order valence-electron chi connectivity index (χ0n) is 9.95. The van der Waals surface area contributed by atoms with E-state index in [1.54, 1.807) is 18.2 Å². The molecule has 0 aliphatic rings. The first kappa shape index (κ1) is 13.6. The summed E-state index contributed by atoms with van der Waals surface area (Å²) in [6, 6.07) is 6.61. The fourth-order valence-electron chi connectivity index (χ4n) is 1.66. The molecule has 0 amide bonds. The Hall–Kier alpha value is -1.42. The number of hydrogen-bond donors (Lipinski definition) is 2. The molecule has 17 heavy (non-hydrogen) atoms. The van der Waals surface area contributed by atoms with Crippen LogP contribution in [-0.2, 0) is 4.79 Å². The topological polar surface area (TPSA) is 49.3 Å². The zero-order chi connectivity index (χ0) is 12.7. The van der Waals surface area contributed by atoms with Crippen LogP contribution in [0.4, 0.5) is 4.39 Å². The molecule has 0 saturated carbocycles. The molecule has 4 heteroatoms. The zero-order valence-corrected chi connectivity index (χ0v) is 9.95. The number of nitrogens with one attached hydrogen (secondary N) is 1. The van der Waals surface area contributed by atoms with Crippen molar-refractivity contribution in [1.82, 2.24) is 5.32 Å². The number of aliphatic carboxylic acids is 1. The van der Waals surface area contributed by atoms with E-state index in [2.05, 4.69) is 5.32 Å². The highest BCUT2D eigenvalue weighted by Gasteiger charge is 2.08. The Labute approximate surface area is 101 Å². The number of hydrogen-bond acceptors (Lipinski definition) is 2.